The third-order valence-corrected chi connectivity index (χ3v) is 2.94. The highest BCUT2D eigenvalue weighted by Crippen LogP contribution is 2.33. The molecule has 0 saturated heterocycles. The minimum atomic E-state index is -4.67. The first-order valence-corrected chi connectivity index (χ1v) is 6.02. The minimum Gasteiger partial charge on any atom is -0.316 e. The molecule has 0 aliphatic heterocycles. The Morgan fingerprint density at radius 2 is 1.55 bits per heavy atom. The van der Waals surface area contributed by atoms with Crippen LogP contribution in [0.15, 0.2) is 42.5 Å². The smallest absolute Gasteiger partial charge is 0.316 e. The summed E-state index contributed by atoms with van der Waals surface area (Å²) >= 11 is 0. The van der Waals surface area contributed by atoms with Crippen molar-refractivity contribution in [1.82, 2.24) is 5.32 Å². The molecule has 0 unspecified atom stereocenters. The third kappa shape index (κ3) is 3.17. The number of rotatable bonds is 3. The van der Waals surface area contributed by atoms with Crippen molar-refractivity contribution >= 4 is 0 Å². The maximum Gasteiger partial charge on any atom is 0.419 e. The van der Waals surface area contributed by atoms with Gasteiger partial charge in [-0.05, 0) is 35.9 Å². The highest BCUT2D eigenvalue weighted by molar-refractivity contribution is 5.64. The second-order valence-electron chi connectivity index (χ2n) is 4.42. The van der Waals surface area contributed by atoms with E-state index >= 15 is 0 Å². The van der Waals surface area contributed by atoms with Crippen LogP contribution in [0.3, 0.4) is 0 Å². The van der Waals surface area contributed by atoms with Gasteiger partial charge in [0.1, 0.15) is 5.82 Å². The molecule has 2 aromatic carbocycles. The molecular weight excluding hydrogens is 270 g/mol. The molecule has 5 heteroatoms. The summed E-state index contributed by atoms with van der Waals surface area (Å²) in [5.41, 5.74) is 0.903. The van der Waals surface area contributed by atoms with E-state index in [9.17, 15) is 17.6 Å². The third-order valence-electron chi connectivity index (χ3n) is 2.94. The summed E-state index contributed by atoms with van der Waals surface area (Å²) in [6.45, 7) is 0.696. The number of alkyl halides is 3. The molecule has 0 heterocycles. The molecule has 106 valence electrons. The molecule has 0 radical (unpaired) electrons. The van der Waals surface area contributed by atoms with Crippen LogP contribution in [-0.2, 0) is 12.7 Å². The normalized spacial score (nSPS) is 11.7. The maximum absolute atomic E-state index is 13.5. The Hall–Kier alpha value is -1.88. The van der Waals surface area contributed by atoms with Crippen molar-refractivity contribution in [2.45, 2.75) is 12.7 Å². The molecule has 0 saturated carbocycles. The van der Waals surface area contributed by atoms with Crippen molar-refractivity contribution < 1.29 is 17.6 Å². The van der Waals surface area contributed by atoms with E-state index in [1.807, 2.05) is 19.2 Å². The molecule has 0 aliphatic rings. The summed E-state index contributed by atoms with van der Waals surface area (Å²) in [4.78, 5) is 0. The Kier molecular flexibility index (Phi) is 4.09. The van der Waals surface area contributed by atoms with Gasteiger partial charge in [-0.2, -0.15) is 13.2 Å². The van der Waals surface area contributed by atoms with E-state index in [-0.39, 0.29) is 0 Å². The monoisotopic (exact) mass is 283 g/mol. The van der Waals surface area contributed by atoms with Gasteiger partial charge in [0, 0.05) is 6.54 Å². The lowest BCUT2D eigenvalue weighted by atomic mass is 10.0. The van der Waals surface area contributed by atoms with Gasteiger partial charge in [-0.15, -0.1) is 0 Å². The van der Waals surface area contributed by atoms with E-state index in [4.69, 9.17) is 0 Å². The molecule has 1 nitrogen and oxygen atoms in total. The van der Waals surface area contributed by atoms with Gasteiger partial charge in [0.15, 0.2) is 0 Å². The van der Waals surface area contributed by atoms with Crippen LogP contribution in [0.5, 0.6) is 0 Å². The second kappa shape index (κ2) is 5.63. The Labute approximate surface area is 114 Å². The van der Waals surface area contributed by atoms with Crippen LogP contribution < -0.4 is 5.32 Å². The zero-order valence-electron chi connectivity index (χ0n) is 10.8. The molecule has 0 atom stereocenters. The topological polar surface area (TPSA) is 12.0 Å². The van der Waals surface area contributed by atoms with Crippen LogP contribution in [0.2, 0.25) is 0 Å². The lowest BCUT2D eigenvalue weighted by Crippen LogP contribution is -2.07. The van der Waals surface area contributed by atoms with Crippen LogP contribution >= 0.6 is 0 Å². The summed E-state index contributed by atoms with van der Waals surface area (Å²) < 4.78 is 50.9. The van der Waals surface area contributed by atoms with Gasteiger partial charge in [0.05, 0.1) is 5.56 Å². The van der Waals surface area contributed by atoms with Crippen LogP contribution in [0.1, 0.15) is 11.1 Å². The molecule has 20 heavy (non-hydrogen) atoms. The van der Waals surface area contributed by atoms with Gasteiger partial charge < -0.3 is 5.32 Å². The summed E-state index contributed by atoms with van der Waals surface area (Å²) in [5.74, 6) is -1.26. The fourth-order valence-corrected chi connectivity index (χ4v) is 1.94. The Bertz CT molecular complexity index is 588. The average Bonchev–Trinajstić information content (AvgIpc) is 2.38. The Morgan fingerprint density at radius 1 is 0.950 bits per heavy atom. The predicted octanol–water partition coefficient (Wildman–Crippen LogP) is 4.23. The lowest BCUT2D eigenvalue weighted by Gasteiger charge is -2.10. The Morgan fingerprint density at radius 3 is 2.05 bits per heavy atom. The van der Waals surface area contributed by atoms with E-state index < -0.39 is 17.6 Å². The van der Waals surface area contributed by atoms with E-state index in [0.29, 0.717) is 17.7 Å². The highest BCUT2D eigenvalue weighted by atomic mass is 19.4. The van der Waals surface area contributed by atoms with Crippen LogP contribution in [-0.4, -0.2) is 7.05 Å². The molecule has 0 aromatic heterocycles. The van der Waals surface area contributed by atoms with Crippen molar-refractivity contribution in [3.63, 3.8) is 0 Å². The van der Waals surface area contributed by atoms with E-state index in [1.54, 1.807) is 12.1 Å². The van der Waals surface area contributed by atoms with E-state index in [2.05, 4.69) is 5.32 Å². The molecule has 2 rings (SSSR count). The molecule has 2 aromatic rings. The van der Waals surface area contributed by atoms with E-state index in [0.717, 1.165) is 17.7 Å². The van der Waals surface area contributed by atoms with Gasteiger partial charge in [0.25, 0.3) is 0 Å². The quantitative estimate of drug-likeness (QED) is 0.831. The first-order valence-electron chi connectivity index (χ1n) is 6.02. The number of hydrogen-bond donors (Lipinski definition) is 1. The number of benzene rings is 2. The minimum absolute atomic E-state index is 0.423. The molecule has 0 bridgehead atoms. The predicted molar refractivity (Wildman–Crippen MR) is 69.6 cm³/mol. The molecule has 1 N–H and O–H groups in total. The Balaban J connectivity index is 2.32. The van der Waals surface area contributed by atoms with Crippen LogP contribution in [0, 0.1) is 5.82 Å². The molecule has 0 amide bonds. The van der Waals surface area contributed by atoms with Crippen LogP contribution in [0.25, 0.3) is 11.1 Å². The maximum atomic E-state index is 13.5. The molecule has 0 fully saturated rings. The van der Waals surface area contributed by atoms with Gasteiger partial charge in [-0.25, -0.2) is 4.39 Å². The van der Waals surface area contributed by atoms with Crippen molar-refractivity contribution in [2.75, 3.05) is 7.05 Å². The van der Waals surface area contributed by atoms with Gasteiger partial charge in [0.2, 0.25) is 0 Å². The molecule has 0 aliphatic carbocycles. The number of halogens is 4. The second-order valence-corrected chi connectivity index (χ2v) is 4.42. The number of nitrogens with one attached hydrogen (secondary N) is 1. The first kappa shape index (κ1) is 14.5. The molecular formula is C15H13F4N. The lowest BCUT2D eigenvalue weighted by molar-refractivity contribution is -0.139. The standard InChI is InChI=1S/C15H13F4N/c1-20-9-10-2-4-11(5-3-10)12-6-7-13(14(16)8-12)15(17,18)19/h2-8,20H,9H2,1H3. The van der Waals surface area contributed by atoms with Crippen molar-refractivity contribution in [1.29, 1.82) is 0 Å². The van der Waals surface area contributed by atoms with Gasteiger partial charge in [-0.1, -0.05) is 30.3 Å². The SMILES string of the molecule is CNCc1ccc(-c2ccc(C(F)(F)F)c(F)c2)cc1. The highest BCUT2D eigenvalue weighted by Gasteiger charge is 2.33. The van der Waals surface area contributed by atoms with Gasteiger partial charge >= 0.3 is 6.18 Å². The molecule has 0 spiro atoms. The van der Waals surface area contributed by atoms with Gasteiger partial charge in [-0.3, -0.25) is 0 Å². The summed E-state index contributed by atoms with van der Waals surface area (Å²) in [6.07, 6.45) is -4.67. The first-order chi connectivity index (χ1) is 9.41. The zero-order valence-corrected chi connectivity index (χ0v) is 10.8. The van der Waals surface area contributed by atoms with Crippen molar-refractivity contribution in [3.05, 3.63) is 59.4 Å². The zero-order chi connectivity index (χ0) is 14.8. The van der Waals surface area contributed by atoms with E-state index in [1.165, 1.54) is 6.07 Å². The van der Waals surface area contributed by atoms with Crippen LogP contribution in [0.4, 0.5) is 17.6 Å². The number of hydrogen-bond acceptors (Lipinski definition) is 1. The van der Waals surface area contributed by atoms with Crippen molar-refractivity contribution in [2.24, 2.45) is 0 Å². The fourth-order valence-electron chi connectivity index (χ4n) is 1.94. The fraction of sp³-hybridized carbons (Fsp3) is 0.200. The van der Waals surface area contributed by atoms with Crippen molar-refractivity contribution in [3.8, 4) is 11.1 Å². The summed E-state index contributed by atoms with van der Waals surface area (Å²) in [5, 5.41) is 2.99. The average molecular weight is 283 g/mol. The largest absolute Gasteiger partial charge is 0.419 e. The summed E-state index contributed by atoms with van der Waals surface area (Å²) in [7, 11) is 1.82. The summed E-state index contributed by atoms with van der Waals surface area (Å²) in [6, 6.07) is 10.2.